The number of hydrogen-bond donors (Lipinski definition) is 1. The molecule has 4 heteroatoms. The third-order valence-corrected chi connectivity index (χ3v) is 12.3. The van der Waals surface area contributed by atoms with Gasteiger partial charge in [0.15, 0.2) is 5.75 Å². The Morgan fingerprint density at radius 2 is 1.47 bits per heavy atom. The number of para-hydroxylation sites is 3. The van der Waals surface area contributed by atoms with E-state index in [1.165, 1.54) is 5.57 Å². The van der Waals surface area contributed by atoms with Crippen LogP contribution >= 0.6 is 0 Å². The highest BCUT2D eigenvalue weighted by Gasteiger charge is 2.37. The van der Waals surface area contributed by atoms with Crippen molar-refractivity contribution in [3.8, 4) is 17.2 Å². The summed E-state index contributed by atoms with van der Waals surface area (Å²) in [5.41, 5.74) is 13.3. The molecule has 1 aliphatic carbocycles. The maximum atomic E-state index is 6.95. The van der Waals surface area contributed by atoms with Crippen LogP contribution in [0.5, 0.6) is 17.2 Å². The highest BCUT2D eigenvalue weighted by Crippen LogP contribution is 2.53. The van der Waals surface area contributed by atoms with Crippen LogP contribution in [-0.2, 0) is 10.8 Å². The fourth-order valence-electron chi connectivity index (χ4n) is 9.07. The van der Waals surface area contributed by atoms with Crippen LogP contribution in [0.3, 0.4) is 0 Å². The van der Waals surface area contributed by atoms with Crippen LogP contribution in [0.4, 0.5) is 11.4 Å². The molecule has 3 aliphatic rings. The summed E-state index contributed by atoms with van der Waals surface area (Å²) in [4.78, 5) is 0. The molecule has 1 N–H and O–H groups in total. The number of fused-ring (bicyclic) bond motifs is 4. The van der Waals surface area contributed by atoms with E-state index in [0.29, 0.717) is 0 Å². The topological polar surface area (TPSA) is 43.6 Å². The Balaban J connectivity index is 1.16. The number of rotatable bonds is 9. The molecule has 1 aromatic heterocycles. The second kappa shape index (κ2) is 15.4. The zero-order chi connectivity index (χ0) is 41.6. The molecule has 2 aliphatic heterocycles. The van der Waals surface area contributed by atoms with Crippen LogP contribution in [-0.4, -0.2) is 0 Å². The molecule has 0 atom stereocenters. The normalized spacial score (nSPS) is 16.6. The Hall–Kier alpha value is -6.78. The molecule has 0 fully saturated rings. The molecule has 298 valence electrons. The van der Waals surface area contributed by atoms with Gasteiger partial charge in [0.05, 0.1) is 5.69 Å². The molecule has 6 aromatic rings. The maximum Gasteiger partial charge on any atom is 0.155 e. The largest absolute Gasteiger partial charge is 0.461 e. The number of hydrogen-bond acceptors (Lipinski definition) is 4. The quantitative estimate of drug-likeness (QED) is 0.148. The van der Waals surface area contributed by atoms with Crippen LogP contribution < -0.4 is 14.8 Å². The number of benzene rings is 5. The summed E-state index contributed by atoms with van der Waals surface area (Å²) in [5, 5.41) is 5.06. The number of ether oxygens (including phenoxy) is 2. The lowest BCUT2D eigenvalue weighted by molar-refractivity contribution is 0.388. The minimum absolute atomic E-state index is 0.288. The minimum Gasteiger partial charge on any atom is -0.461 e. The third kappa shape index (κ3) is 6.96. The molecule has 0 spiro atoms. The molecule has 0 saturated carbocycles. The predicted molar refractivity (Wildman–Crippen MR) is 251 cm³/mol. The molecule has 60 heavy (non-hydrogen) atoms. The van der Waals surface area contributed by atoms with Gasteiger partial charge < -0.3 is 19.2 Å². The first kappa shape index (κ1) is 38.7. The summed E-state index contributed by atoms with van der Waals surface area (Å²) in [5.74, 6) is 4.25. The molecule has 0 amide bonds. The van der Waals surface area contributed by atoms with Gasteiger partial charge in [0.2, 0.25) is 0 Å². The number of allylic oxidation sites excluding steroid dienone is 10. The van der Waals surface area contributed by atoms with Crippen molar-refractivity contribution in [2.75, 3.05) is 5.32 Å². The molecule has 9 rings (SSSR count). The molecule has 5 aromatic carbocycles. The SMILES string of the molecule is C=CC1=C(/C=C(\C)c2ccc3c(c2Nc2cc(/C=C/C=C\c4c(C)oc5ccccc45)cc(C4=CCCC=C4)c2)Oc2ccccc2C3(C)C)Oc2ccccc2C1(C)C. The molecule has 0 bridgehead atoms. The number of nitrogens with one attached hydrogen (secondary N) is 1. The van der Waals surface area contributed by atoms with E-state index >= 15 is 0 Å². The standard InChI is InChI=1S/C56H51NO3/c1-8-45-52(59-50-28-18-15-25-46(50)55(45,4)5)32-36(2)42-30-31-48-54(60-51-29-19-16-26-47(51)56(48,6)7)53(42)57-41-34-38(33-40(35-41)39-21-10-9-11-22-39)20-12-13-23-43-37(3)58-49-27-17-14-24-44(43)49/h8,10,12-35,57H,1,9,11H2,2-7H3/b20-12+,23-13-,36-32+. The fourth-order valence-corrected chi connectivity index (χ4v) is 9.07. The number of furan rings is 1. The zero-order valence-electron chi connectivity index (χ0n) is 35.4. The van der Waals surface area contributed by atoms with Crippen molar-refractivity contribution in [3.63, 3.8) is 0 Å². The molecular formula is C56H51NO3. The Morgan fingerprint density at radius 3 is 2.23 bits per heavy atom. The van der Waals surface area contributed by atoms with Crippen LogP contribution in [0.1, 0.15) is 92.2 Å². The summed E-state index contributed by atoms with van der Waals surface area (Å²) < 4.78 is 19.6. The lowest BCUT2D eigenvalue weighted by Gasteiger charge is -2.36. The van der Waals surface area contributed by atoms with E-state index < -0.39 is 0 Å². The van der Waals surface area contributed by atoms with Crippen LogP contribution in [0, 0.1) is 6.92 Å². The second-order valence-corrected chi connectivity index (χ2v) is 17.0. The molecule has 0 radical (unpaired) electrons. The maximum absolute atomic E-state index is 6.95. The van der Waals surface area contributed by atoms with Crippen molar-refractivity contribution in [1.82, 2.24) is 0 Å². The van der Waals surface area contributed by atoms with Gasteiger partial charge in [-0.2, -0.15) is 0 Å². The fraction of sp³-hybridized carbons (Fsp3) is 0.179. The van der Waals surface area contributed by atoms with Gasteiger partial charge >= 0.3 is 0 Å². The van der Waals surface area contributed by atoms with E-state index in [1.807, 2.05) is 43.3 Å². The minimum atomic E-state index is -0.298. The Kier molecular flexibility index (Phi) is 9.96. The monoisotopic (exact) mass is 785 g/mol. The Morgan fingerprint density at radius 1 is 0.750 bits per heavy atom. The van der Waals surface area contributed by atoms with Crippen molar-refractivity contribution in [1.29, 1.82) is 0 Å². The third-order valence-electron chi connectivity index (χ3n) is 12.3. The molecule has 4 nitrogen and oxygen atoms in total. The van der Waals surface area contributed by atoms with E-state index in [0.717, 1.165) is 114 Å². The van der Waals surface area contributed by atoms with Gasteiger partial charge in [0.1, 0.15) is 28.6 Å². The van der Waals surface area contributed by atoms with Gasteiger partial charge in [0, 0.05) is 55.3 Å². The smallest absolute Gasteiger partial charge is 0.155 e. The summed E-state index contributed by atoms with van der Waals surface area (Å²) in [6.07, 6.45) is 21.5. The van der Waals surface area contributed by atoms with Crippen molar-refractivity contribution < 1.29 is 13.9 Å². The van der Waals surface area contributed by atoms with Gasteiger partial charge in [-0.25, -0.2) is 0 Å². The molecule has 0 unspecified atom stereocenters. The lowest BCUT2D eigenvalue weighted by Crippen LogP contribution is -2.26. The van der Waals surface area contributed by atoms with E-state index in [2.05, 4.69) is 168 Å². The number of anilines is 2. The first-order valence-corrected chi connectivity index (χ1v) is 20.9. The summed E-state index contributed by atoms with van der Waals surface area (Å²) in [6.45, 7) is 17.4. The van der Waals surface area contributed by atoms with E-state index in [9.17, 15) is 0 Å². The van der Waals surface area contributed by atoms with Crippen molar-refractivity contribution in [2.24, 2.45) is 0 Å². The van der Waals surface area contributed by atoms with E-state index in [4.69, 9.17) is 13.9 Å². The Bertz CT molecular complexity index is 2880. The highest BCUT2D eigenvalue weighted by atomic mass is 16.5. The van der Waals surface area contributed by atoms with Crippen molar-refractivity contribution >= 4 is 45.6 Å². The molecular weight excluding hydrogens is 735 g/mol. The van der Waals surface area contributed by atoms with E-state index in [1.54, 1.807) is 0 Å². The predicted octanol–water partition coefficient (Wildman–Crippen LogP) is 15.6. The molecule has 3 heterocycles. The van der Waals surface area contributed by atoms with Gasteiger partial charge in [-0.05, 0) is 91.4 Å². The number of aryl methyl sites for hydroxylation is 1. The first-order chi connectivity index (χ1) is 29.0. The summed E-state index contributed by atoms with van der Waals surface area (Å²) >= 11 is 0. The van der Waals surface area contributed by atoms with Crippen molar-refractivity contribution in [3.05, 3.63) is 208 Å². The van der Waals surface area contributed by atoms with Gasteiger partial charge in [0.25, 0.3) is 0 Å². The van der Waals surface area contributed by atoms with Gasteiger partial charge in [-0.1, -0.05) is 150 Å². The van der Waals surface area contributed by atoms with E-state index in [-0.39, 0.29) is 10.8 Å². The highest BCUT2D eigenvalue weighted by molar-refractivity contribution is 5.90. The molecule has 0 saturated heterocycles. The lowest BCUT2D eigenvalue weighted by atomic mass is 9.74. The average Bonchev–Trinajstić information content (AvgIpc) is 3.57. The summed E-state index contributed by atoms with van der Waals surface area (Å²) in [7, 11) is 0. The van der Waals surface area contributed by atoms with Crippen molar-refractivity contribution in [2.45, 2.75) is 65.2 Å². The first-order valence-electron chi connectivity index (χ1n) is 20.9. The van der Waals surface area contributed by atoms with Crippen LogP contribution in [0.15, 0.2) is 168 Å². The van der Waals surface area contributed by atoms with Crippen LogP contribution in [0.2, 0.25) is 0 Å². The Labute approximate surface area is 354 Å². The van der Waals surface area contributed by atoms with Gasteiger partial charge in [-0.15, -0.1) is 0 Å². The summed E-state index contributed by atoms with van der Waals surface area (Å²) in [6, 6.07) is 36.0. The zero-order valence-corrected chi connectivity index (χ0v) is 35.4. The average molecular weight is 786 g/mol. The van der Waals surface area contributed by atoms with Crippen LogP contribution in [0.25, 0.3) is 34.3 Å². The second-order valence-electron chi connectivity index (χ2n) is 17.0. The van der Waals surface area contributed by atoms with Gasteiger partial charge in [-0.3, -0.25) is 0 Å².